The van der Waals surface area contributed by atoms with E-state index < -0.39 is 117 Å². The van der Waals surface area contributed by atoms with Crippen LogP contribution in [0.1, 0.15) is 102 Å². The Bertz CT molecular complexity index is 1710. The Labute approximate surface area is 366 Å². The standard InChI is InChI=1S/C42H58F10O11Si/c1-24(27-11-13-28(14-12-27)33(55)59-18-15-30-22-60-30)19-29(34(56)58-17-10-16-38(4,5)64(7,8)9)20-39(6,63-26(3)53)21-31(35(57)61-23-40(45,46)37(43)44)25(2)32(54)62-36(41(47,48)49)42(50,51)52/h11-14,24-25,29-31,36-37H,10,15-23H2,1-9H3. The summed E-state index contributed by atoms with van der Waals surface area (Å²) in [6.07, 6.45) is -21.7. The van der Waals surface area contributed by atoms with E-state index in [0.717, 1.165) is 13.8 Å². The fraction of sp³-hybridized carbons (Fsp3) is 0.738. The van der Waals surface area contributed by atoms with Crippen molar-refractivity contribution < 1.29 is 96.3 Å². The van der Waals surface area contributed by atoms with Crippen LogP contribution < -0.4 is 0 Å². The lowest BCUT2D eigenvalue weighted by Crippen LogP contribution is -2.48. The summed E-state index contributed by atoms with van der Waals surface area (Å²) in [6, 6.07) is 6.13. The molecular formula is C42H58F10O11Si. The molecule has 366 valence electrons. The highest BCUT2D eigenvalue weighted by Gasteiger charge is 2.60. The minimum atomic E-state index is -6.21. The zero-order valence-electron chi connectivity index (χ0n) is 37.2. The molecule has 0 radical (unpaired) electrons. The molecule has 0 spiro atoms. The van der Waals surface area contributed by atoms with E-state index in [9.17, 15) is 67.9 Å². The second-order valence-corrected chi connectivity index (χ2v) is 24.0. The van der Waals surface area contributed by atoms with Crippen molar-refractivity contribution in [2.45, 2.75) is 153 Å². The highest BCUT2D eigenvalue weighted by atomic mass is 28.3. The van der Waals surface area contributed by atoms with E-state index in [0.29, 0.717) is 38.4 Å². The van der Waals surface area contributed by atoms with E-state index in [1.165, 1.54) is 12.1 Å². The summed E-state index contributed by atoms with van der Waals surface area (Å²) in [6.45, 7) is 13.2. The smallest absolute Gasteiger partial charge is 0.434 e. The van der Waals surface area contributed by atoms with E-state index in [2.05, 4.69) is 43.0 Å². The first kappa shape index (κ1) is 56.2. The minimum Gasteiger partial charge on any atom is -0.465 e. The third-order valence-corrected chi connectivity index (χ3v) is 15.8. The van der Waals surface area contributed by atoms with Gasteiger partial charge in [-0.2, -0.15) is 35.1 Å². The van der Waals surface area contributed by atoms with Crippen LogP contribution in [0.3, 0.4) is 0 Å². The Morgan fingerprint density at radius 1 is 0.797 bits per heavy atom. The molecule has 1 heterocycles. The molecule has 1 aromatic rings. The monoisotopic (exact) mass is 956 g/mol. The lowest BCUT2D eigenvalue weighted by Gasteiger charge is -2.37. The van der Waals surface area contributed by atoms with Crippen LogP contribution in [0.15, 0.2) is 24.3 Å². The van der Waals surface area contributed by atoms with Gasteiger partial charge in [-0.1, -0.05) is 59.5 Å². The van der Waals surface area contributed by atoms with Crippen LogP contribution in [0.25, 0.3) is 0 Å². The molecule has 1 aliphatic rings. The number of rotatable bonds is 25. The fourth-order valence-corrected chi connectivity index (χ4v) is 7.49. The largest absolute Gasteiger partial charge is 0.465 e. The van der Waals surface area contributed by atoms with Crippen molar-refractivity contribution in [1.82, 2.24) is 0 Å². The van der Waals surface area contributed by atoms with Gasteiger partial charge < -0.3 is 28.4 Å². The van der Waals surface area contributed by atoms with E-state index in [4.69, 9.17) is 18.9 Å². The first-order valence-electron chi connectivity index (χ1n) is 20.5. The first-order valence-corrected chi connectivity index (χ1v) is 24.0. The van der Waals surface area contributed by atoms with Gasteiger partial charge in [0.2, 0.25) is 0 Å². The van der Waals surface area contributed by atoms with Crippen molar-refractivity contribution in [2.24, 2.45) is 17.8 Å². The molecule has 1 fully saturated rings. The molecular weight excluding hydrogens is 899 g/mol. The van der Waals surface area contributed by atoms with E-state index >= 15 is 0 Å². The van der Waals surface area contributed by atoms with E-state index in [-0.39, 0.29) is 36.3 Å². The van der Waals surface area contributed by atoms with E-state index in [1.807, 2.05) is 0 Å². The Kier molecular flexibility index (Phi) is 19.7. The topological polar surface area (TPSA) is 144 Å². The average Bonchev–Trinajstić information content (AvgIpc) is 3.98. The molecule has 0 amide bonds. The number of hydrogen-bond donors (Lipinski definition) is 0. The van der Waals surface area contributed by atoms with E-state index in [1.54, 1.807) is 19.1 Å². The van der Waals surface area contributed by atoms with Gasteiger partial charge in [0.25, 0.3) is 6.10 Å². The molecule has 1 aromatic carbocycles. The van der Waals surface area contributed by atoms with Gasteiger partial charge in [0.05, 0.1) is 49.2 Å². The van der Waals surface area contributed by atoms with Gasteiger partial charge in [0, 0.05) is 34.3 Å². The van der Waals surface area contributed by atoms with Crippen LogP contribution in [-0.2, 0) is 47.6 Å². The van der Waals surface area contributed by atoms with Gasteiger partial charge in [-0.3, -0.25) is 19.2 Å². The lowest BCUT2D eigenvalue weighted by atomic mass is 9.77. The molecule has 1 aliphatic heterocycles. The highest BCUT2D eigenvalue weighted by molar-refractivity contribution is 6.79. The summed E-state index contributed by atoms with van der Waals surface area (Å²) in [4.78, 5) is 65.4. The highest BCUT2D eigenvalue weighted by Crippen LogP contribution is 2.42. The Morgan fingerprint density at radius 3 is 1.84 bits per heavy atom. The number of alkyl halides is 10. The Balaban J connectivity index is 2.56. The predicted molar refractivity (Wildman–Crippen MR) is 211 cm³/mol. The number of esters is 5. The number of ether oxygens (including phenoxy) is 6. The van der Waals surface area contributed by atoms with Crippen LogP contribution in [-0.4, -0.2) is 107 Å². The van der Waals surface area contributed by atoms with Gasteiger partial charge in [-0.15, -0.1) is 0 Å². The van der Waals surface area contributed by atoms with Gasteiger partial charge in [-0.05, 0) is 54.8 Å². The second-order valence-electron chi connectivity index (χ2n) is 18.2. The minimum absolute atomic E-state index is 0.0372. The predicted octanol–water partition coefficient (Wildman–Crippen LogP) is 10.0. The molecule has 0 bridgehead atoms. The molecule has 0 aliphatic carbocycles. The zero-order valence-corrected chi connectivity index (χ0v) is 38.2. The van der Waals surface area contributed by atoms with Crippen molar-refractivity contribution in [3.05, 3.63) is 35.4 Å². The third-order valence-electron chi connectivity index (χ3n) is 11.5. The van der Waals surface area contributed by atoms with Crippen molar-refractivity contribution in [2.75, 3.05) is 26.4 Å². The fourth-order valence-electron chi connectivity index (χ4n) is 6.56. The van der Waals surface area contributed by atoms with Crippen molar-refractivity contribution in [1.29, 1.82) is 0 Å². The molecule has 0 aromatic heterocycles. The molecule has 22 heteroatoms. The summed E-state index contributed by atoms with van der Waals surface area (Å²) >= 11 is 0. The Morgan fingerprint density at radius 2 is 1.36 bits per heavy atom. The van der Waals surface area contributed by atoms with Crippen LogP contribution in [0.2, 0.25) is 24.7 Å². The van der Waals surface area contributed by atoms with Crippen molar-refractivity contribution >= 4 is 37.9 Å². The van der Waals surface area contributed by atoms with Gasteiger partial charge in [0.15, 0.2) is 6.61 Å². The summed E-state index contributed by atoms with van der Waals surface area (Å²) in [5.41, 5.74) is -1.40. The maximum atomic E-state index is 14.0. The average molecular weight is 957 g/mol. The summed E-state index contributed by atoms with van der Waals surface area (Å²) < 4.78 is 164. The van der Waals surface area contributed by atoms with Gasteiger partial charge in [0.1, 0.15) is 5.60 Å². The Hall–Kier alpha value is -3.95. The third kappa shape index (κ3) is 17.8. The van der Waals surface area contributed by atoms with Gasteiger partial charge >= 0.3 is 54.5 Å². The number of epoxide rings is 1. The summed E-state index contributed by atoms with van der Waals surface area (Å²) in [5.74, 6) is -18.5. The number of hydrogen-bond acceptors (Lipinski definition) is 11. The molecule has 6 atom stereocenters. The van der Waals surface area contributed by atoms with Crippen LogP contribution in [0.4, 0.5) is 43.9 Å². The summed E-state index contributed by atoms with van der Waals surface area (Å²) in [5, 5.41) is -0.0770. The number of carbonyl (C=O) groups excluding carboxylic acids is 5. The molecule has 0 N–H and O–H groups in total. The maximum Gasteiger partial charge on any atom is 0.434 e. The van der Waals surface area contributed by atoms with Crippen LogP contribution in [0.5, 0.6) is 0 Å². The second kappa shape index (κ2) is 22.5. The lowest BCUT2D eigenvalue weighted by molar-refractivity contribution is -0.314. The zero-order chi connectivity index (χ0) is 49.2. The molecule has 64 heavy (non-hydrogen) atoms. The molecule has 11 nitrogen and oxygen atoms in total. The maximum absolute atomic E-state index is 14.0. The quantitative estimate of drug-likeness (QED) is 0.0231. The van der Waals surface area contributed by atoms with Crippen molar-refractivity contribution in [3.63, 3.8) is 0 Å². The van der Waals surface area contributed by atoms with Crippen LogP contribution in [0, 0.1) is 17.8 Å². The SMILES string of the molecule is CC(=O)OC(C)(CC(CC(C)c1ccc(C(=O)OCCC2CO2)cc1)C(=O)OCCCC(C)(C)[Si](C)(C)C)CC(C(=O)OCC(F)(F)C(F)F)C(C)C(=O)OC(C(F)(F)F)C(F)(F)F. The molecule has 6 unspecified atom stereocenters. The normalized spacial score (nSPS) is 17.7. The van der Waals surface area contributed by atoms with Crippen molar-refractivity contribution in [3.8, 4) is 0 Å². The molecule has 2 rings (SSSR count). The number of halogens is 10. The molecule has 1 saturated heterocycles. The first-order chi connectivity index (χ1) is 29.1. The van der Waals surface area contributed by atoms with Crippen LogP contribution >= 0.6 is 0 Å². The summed E-state index contributed by atoms with van der Waals surface area (Å²) in [7, 11) is -1.69. The van der Waals surface area contributed by atoms with Gasteiger partial charge in [-0.25, -0.2) is 13.6 Å². The number of carbonyl (C=O) groups is 5. The molecule has 0 saturated carbocycles. The number of benzene rings is 1.